The average molecular weight is 430 g/mol. The minimum Gasteiger partial charge on any atom is -0.481 e. The number of methoxy groups -OCH3 is 1. The standard InChI is InChI=1S/C23H22N6O3/c1-31-21-9-4-17(14-24-21)20-8-7-19-15-25-23(27-29(19)20)26-18-5-2-16(3-6-18)22(30)28-10-12-32-13-11-28/h2-9,14-15H,10-13H2,1H3,(H,26,27). The Morgan fingerprint density at radius 1 is 1.00 bits per heavy atom. The number of rotatable bonds is 5. The monoisotopic (exact) mass is 430 g/mol. The molecule has 0 bridgehead atoms. The fraction of sp³-hybridized carbons (Fsp3) is 0.217. The molecule has 1 amide bonds. The predicted molar refractivity (Wildman–Crippen MR) is 119 cm³/mol. The molecule has 0 radical (unpaired) electrons. The Morgan fingerprint density at radius 2 is 1.81 bits per heavy atom. The number of morpholine rings is 1. The number of anilines is 2. The van der Waals surface area contributed by atoms with Crippen LogP contribution in [0.5, 0.6) is 5.88 Å². The van der Waals surface area contributed by atoms with Gasteiger partial charge in [-0.2, -0.15) is 0 Å². The van der Waals surface area contributed by atoms with Crippen molar-refractivity contribution in [3.8, 4) is 17.1 Å². The molecule has 0 saturated carbocycles. The summed E-state index contributed by atoms with van der Waals surface area (Å²) in [6.07, 6.45) is 3.51. The lowest BCUT2D eigenvalue weighted by Gasteiger charge is -2.26. The summed E-state index contributed by atoms with van der Waals surface area (Å²) in [6.45, 7) is 2.41. The number of aromatic nitrogens is 4. The van der Waals surface area contributed by atoms with E-state index in [4.69, 9.17) is 9.47 Å². The van der Waals surface area contributed by atoms with E-state index < -0.39 is 0 Å². The van der Waals surface area contributed by atoms with Gasteiger partial charge in [-0.1, -0.05) is 0 Å². The van der Waals surface area contributed by atoms with Crippen molar-refractivity contribution >= 4 is 23.1 Å². The summed E-state index contributed by atoms with van der Waals surface area (Å²) in [5, 5.41) is 7.83. The highest BCUT2D eigenvalue weighted by Crippen LogP contribution is 2.23. The van der Waals surface area contributed by atoms with E-state index in [9.17, 15) is 4.79 Å². The lowest BCUT2D eigenvalue weighted by atomic mass is 10.1. The third-order valence-corrected chi connectivity index (χ3v) is 5.33. The van der Waals surface area contributed by atoms with Gasteiger partial charge in [-0.05, 0) is 42.5 Å². The molecule has 1 aliphatic heterocycles. The van der Waals surface area contributed by atoms with Crippen LogP contribution in [0.4, 0.5) is 11.6 Å². The summed E-state index contributed by atoms with van der Waals surface area (Å²) >= 11 is 0. The molecule has 1 fully saturated rings. The third-order valence-electron chi connectivity index (χ3n) is 5.33. The molecule has 9 nitrogen and oxygen atoms in total. The largest absolute Gasteiger partial charge is 0.481 e. The van der Waals surface area contributed by atoms with Crippen LogP contribution in [0.25, 0.3) is 16.8 Å². The minimum absolute atomic E-state index is 0.0163. The summed E-state index contributed by atoms with van der Waals surface area (Å²) in [5.41, 5.74) is 4.12. The van der Waals surface area contributed by atoms with Crippen molar-refractivity contribution in [2.45, 2.75) is 0 Å². The van der Waals surface area contributed by atoms with Crippen molar-refractivity contribution in [2.24, 2.45) is 0 Å². The molecule has 32 heavy (non-hydrogen) atoms. The number of ether oxygens (including phenoxy) is 2. The Labute approximate surface area is 184 Å². The first-order chi connectivity index (χ1) is 15.7. The van der Waals surface area contributed by atoms with Crippen molar-refractivity contribution in [2.75, 3.05) is 38.7 Å². The van der Waals surface area contributed by atoms with Crippen LogP contribution in [0, 0.1) is 0 Å². The van der Waals surface area contributed by atoms with Crippen LogP contribution in [0.1, 0.15) is 10.4 Å². The molecule has 1 N–H and O–H groups in total. The zero-order valence-corrected chi connectivity index (χ0v) is 17.6. The first-order valence-corrected chi connectivity index (χ1v) is 10.3. The molecule has 0 unspecified atom stereocenters. The van der Waals surface area contributed by atoms with Gasteiger partial charge in [0, 0.05) is 42.2 Å². The van der Waals surface area contributed by atoms with Crippen molar-refractivity contribution < 1.29 is 14.3 Å². The van der Waals surface area contributed by atoms with Gasteiger partial charge in [-0.15, -0.1) is 5.10 Å². The molecule has 0 aliphatic carbocycles. The van der Waals surface area contributed by atoms with Crippen molar-refractivity contribution in [3.05, 3.63) is 66.5 Å². The van der Waals surface area contributed by atoms with Gasteiger partial charge in [0.25, 0.3) is 5.91 Å². The molecule has 9 heteroatoms. The van der Waals surface area contributed by atoms with Crippen LogP contribution in [0.2, 0.25) is 0 Å². The zero-order chi connectivity index (χ0) is 21.9. The highest BCUT2D eigenvalue weighted by atomic mass is 16.5. The van der Waals surface area contributed by atoms with Crippen LogP contribution in [0.3, 0.4) is 0 Å². The second-order valence-electron chi connectivity index (χ2n) is 7.33. The predicted octanol–water partition coefficient (Wildman–Crippen LogP) is 3.02. The Morgan fingerprint density at radius 3 is 2.53 bits per heavy atom. The number of pyridine rings is 1. The Hall–Kier alpha value is -3.98. The fourth-order valence-corrected chi connectivity index (χ4v) is 3.60. The topological polar surface area (TPSA) is 93.9 Å². The van der Waals surface area contributed by atoms with Gasteiger partial charge in [0.15, 0.2) is 0 Å². The average Bonchev–Trinajstić information content (AvgIpc) is 3.28. The molecular formula is C23H22N6O3. The third kappa shape index (κ3) is 3.97. The Balaban J connectivity index is 1.35. The fourth-order valence-electron chi connectivity index (χ4n) is 3.60. The molecule has 162 valence electrons. The molecule has 1 saturated heterocycles. The Bertz CT molecular complexity index is 1230. The van der Waals surface area contributed by atoms with Crippen LogP contribution in [-0.2, 0) is 4.74 Å². The van der Waals surface area contributed by atoms with Crippen molar-refractivity contribution in [3.63, 3.8) is 0 Å². The minimum atomic E-state index is 0.0163. The number of carbonyl (C=O) groups is 1. The van der Waals surface area contributed by atoms with E-state index in [0.29, 0.717) is 43.7 Å². The second kappa shape index (κ2) is 8.64. The van der Waals surface area contributed by atoms with E-state index >= 15 is 0 Å². The van der Waals surface area contributed by atoms with Gasteiger partial charge in [-0.3, -0.25) is 4.79 Å². The molecule has 0 atom stereocenters. The molecule has 4 aromatic rings. The van der Waals surface area contributed by atoms with Crippen molar-refractivity contribution in [1.82, 2.24) is 24.5 Å². The van der Waals surface area contributed by atoms with E-state index in [1.54, 1.807) is 19.5 Å². The maximum absolute atomic E-state index is 12.6. The second-order valence-corrected chi connectivity index (χ2v) is 7.33. The number of carbonyl (C=O) groups excluding carboxylic acids is 1. The summed E-state index contributed by atoms with van der Waals surface area (Å²) in [7, 11) is 1.59. The summed E-state index contributed by atoms with van der Waals surface area (Å²) in [6, 6.07) is 15.0. The maximum atomic E-state index is 12.6. The highest BCUT2D eigenvalue weighted by Gasteiger charge is 2.18. The Kier molecular flexibility index (Phi) is 5.39. The van der Waals surface area contributed by atoms with Gasteiger partial charge in [-0.25, -0.2) is 14.5 Å². The molecule has 0 spiro atoms. The van der Waals surface area contributed by atoms with Crippen LogP contribution in [0.15, 0.2) is 60.9 Å². The molecule has 1 aliphatic rings. The highest BCUT2D eigenvalue weighted by molar-refractivity contribution is 5.94. The lowest BCUT2D eigenvalue weighted by Crippen LogP contribution is -2.40. The van der Waals surface area contributed by atoms with Gasteiger partial charge in [0.05, 0.1) is 37.7 Å². The normalized spacial score (nSPS) is 13.8. The first-order valence-electron chi connectivity index (χ1n) is 10.3. The smallest absolute Gasteiger partial charge is 0.254 e. The summed E-state index contributed by atoms with van der Waals surface area (Å²) in [5.74, 6) is 1.02. The molecular weight excluding hydrogens is 408 g/mol. The molecule has 1 aromatic carbocycles. The number of hydrogen-bond donors (Lipinski definition) is 1. The van der Waals surface area contributed by atoms with E-state index in [2.05, 4.69) is 20.4 Å². The number of nitrogens with zero attached hydrogens (tertiary/aromatic N) is 5. The number of fused-ring (bicyclic) bond motifs is 1. The van der Waals surface area contributed by atoms with Crippen LogP contribution in [-0.4, -0.2) is 63.8 Å². The van der Waals surface area contributed by atoms with Gasteiger partial charge in [0.1, 0.15) is 0 Å². The van der Waals surface area contributed by atoms with E-state index in [1.807, 2.05) is 57.9 Å². The SMILES string of the molecule is COc1ccc(-c2ccc3cnc(Nc4ccc(C(=O)N5CCOCC5)cc4)nn23)cn1. The molecule has 3 aromatic heterocycles. The van der Waals surface area contributed by atoms with E-state index in [-0.39, 0.29) is 5.91 Å². The number of hydrogen-bond acceptors (Lipinski definition) is 7. The van der Waals surface area contributed by atoms with Gasteiger partial charge < -0.3 is 19.7 Å². The maximum Gasteiger partial charge on any atom is 0.254 e. The lowest BCUT2D eigenvalue weighted by molar-refractivity contribution is 0.0303. The zero-order valence-electron chi connectivity index (χ0n) is 17.6. The van der Waals surface area contributed by atoms with E-state index in [1.165, 1.54) is 0 Å². The van der Waals surface area contributed by atoms with Gasteiger partial charge in [0.2, 0.25) is 11.8 Å². The van der Waals surface area contributed by atoms with E-state index in [0.717, 1.165) is 22.5 Å². The number of amides is 1. The number of nitrogens with one attached hydrogen (secondary N) is 1. The summed E-state index contributed by atoms with van der Waals surface area (Å²) < 4.78 is 12.3. The molecule has 5 rings (SSSR count). The summed E-state index contributed by atoms with van der Waals surface area (Å²) in [4.78, 5) is 23.1. The van der Waals surface area contributed by atoms with Crippen LogP contribution >= 0.6 is 0 Å². The quantitative estimate of drug-likeness (QED) is 0.520. The first kappa shape index (κ1) is 20.0. The van der Waals surface area contributed by atoms with Crippen LogP contribution < -0.4 is 10.1 Å². The molecule has 4 heterocycles. The van der Waals surface area contributed by atoms with Gasteiger partial charge >= 0.3 is 0 Å². The number of benzene rings is 1. The van der Waals surface area contributed by atoms with Crippen molar-refractivity contribution in [1.29, 1.82) is 0 Å².